The zero-order valence-corrected chi connectivity index (χ0v) is 13.4. The van der Waals surface area contributed by atoms with Crippen LogP contribution in [0.1, 0.15) is 43.0 Å². The van der Waals surface area contributed by atoms with Crippen molar-refractivity contribution < 1.29 is 0 Å². The van der Waals surface area contributed by atoms with E-state index in [2.05, 4.69) is 37.3 Å². The van der Waals surface area contributed by atoms with Crippen LogP contribution in [0, 0.1) is 0 Å². The summed E-state index contributed by atoms with van der Waals surface area (Å²) in [6.45, 7) is 3.22. The smallest absolute Gasteiger partial charge is 0.133 e. The molecule has 23 heavy (non-hydrogen) atoms. The van der Waals surface area contributed by atoms with Crippen LogP contribution >= 0.6 is 0 Å². The molecule has 1 unspecified atom stereocenters. The number of anilines is 1. The molecule has 0 spiro atoms. The van der Waals surface area contributed by atoms with Crippen LogP contribution in [0.3, 0.4) is 0 Å². The van der Waals surface area contributed by atoms with Gasteiger partial charge >= 0.3 is 0 Å². The standard InChI is InChI=1S/C18H23N5/c1-2-16(13-23(11-1)12-14-5-8-19-9-6-14)21-17-7-10-20-18(22-17)15-3-4-15/h5-10,15-16H,1-4,11-13H2,(H,20,21,22). The van der Waals surface area contributed by atoms with Crippen LogP contribution in [0.15, 0.2) is 36.8 Å². The summed E-state index contributed by atoms with van der Waals surface area (Å²) in [6, 6.07) is 6.66. The van der Waals surface area contributed by atoms with Gasteiger partial charge in [0.2, 0.25) is 0 Å². The van der Waals surface area contributed by atoms with Crippen molar-refractivity contribution in [2.75, 3.05) is 18.4 Å². The zero-order chi connectivity index (χ0) is 15.5. The number of rotatable bonds is 5. The molecule has 1 aliphatic carbocycles. The normalized spacial score (nSPS) is 22.0. The average Bonchev–Trinajstić information content (AvgIpc) is 3.41. The van der Waals surface area contributed by atoms with Crippen molar-refractivity contribution in [2.24, 2.45) is 0 Å². The Morgan fingerprint density at radius 1 is 1.09 bits per heavy atom. The van der Waals surface area contributed by atoms with Crippen LogP contribution in [0.5, 0.6) is 0 Å². The van der Waals surface area contributed by atoms with Gasteiger partial charge < -0.3 is 5.32 Å². The van der Waals surface area contributed by atoms with Gasteiger partial charge in [0, 0.05) is 43.6 Å². The molecule has 0 amide bonds. The highest BCUT2D eigenvalue weighted by Crippen LogP contribution is 2.38. The Labute approximate surface area is 137 Å². The Morgan fingerprint density at radius 3 is 2.78 bits per heavy atom. The van der Waals surface area contributed by atoms with Gasteiger partial charge in [-0.2, -0.15) is 0 Å². The number of nitrogens with one attached hydrogen (secondary N) is 1. The van der Waals surface area contributed by atoms with Crippen LogP contribution in [-0.2, 0) is 6.54 Å². The minimum atomic E-state index is 0.465. The molecule has 2 aromatic heterocycles. The van der Waals surface area contributed by atoms with E-state index in [4.69, 9.17) is 0 Å². The van der Waals surface area contributed by atoms with Gasteiger partial charge in [0.15, 0.2) is 0 Å². The summed E-state index contributed by atoms with van der Waals surface area (Å²) in [5, 5.41) is 3.61. The largest absolute Gasteiger partial charge is 0.366 e. The third-order valence-electron chi connectivity index (χ3n) is 4.63. The summed E-state index contributed by atoms with van der Waals surface area (Å²) < 4.78 is 0. The second-order valence-corrected chi connectivity index (χ2v) is 6.65. The molecule has 1 N–H and O–H groups in total. The van der Waals surface area contributed by atoms with Gasteiger partial charge in [0.05, 0.1) is 0 Å². The highest BCUT2D eigenvalue weighted by atomic mass is 15.2. The van der Waals surface area contributed by atoms with E-state index in [9.17, 15) is 0 Å². The first kappa shape index (κ1) is 14.6. The molecule has 120 valence electrons. The summed E-state index contributed by atoms with van der Waals surface area (Å²) in [5.41, 5.74) is 1.33. The lowest BCUT2D eigenvalue weighted by Crippen LogP contribution is -2.41. The third kappa shape index (κ3) is 3.85. The number of pyridine rings is 1. The second kappa shape index (κ2) is 6.62. The summed E-state index contributed by atoms with van der Waals surface area (Å²) in [5.74, 6) is 2.60. The molecule has 5 nitrogen and oxygen atoms in total. The van der Waals surface area contributed by atoms with E-state index in [0.29, 0.717) is 12.0 Å². The van der Waals surface area contributed by atoms with Gasteiger partial charge in [0.1, 0.15) is 11.6 Å². The molecule has 1 saturated carbocycles. The molecule has 0 radical (unpaired) electrons. The maximum Gasteiger partial charge on any atom is 0.133 e. The Morgan fingerprint density at radius 2 is 1.96 bits per heavy atom. The van der Waals surface area contributed by atoms with Gasteiger partial charge in [0.25, 0.3) is 0 Å². The molecular weight excluding hydrogens is 286 g/mol. The molecule has 2 aromatic rings. The fraction of sp³-hybridized carbons (Fsp3) is 0.500. The Bertz CT molecular complexity index is 641. The number of hydrogen-bond donors (Lipinski definition) is 1. The van der Waals surface area contributed by atoms with E-state index in [1.165, 1.54) is 31.2 Å². The maximum atomic E-state index is 4.69. The highest BCUT2D eigenvalue weighted by Gasteiger charge is 2.27. The molecule has 0 aromatic carbocycles. The minimum Gasteiger partial charge on any atom is -0.366 e. The summed E-state index contributed by atoms with van der Waals surface area (Å²) in [6.07, 6.45) is 10.5. The van der Waals surface area contributed by atoms with Crippen LogP contribution in [0.4, 0.5) is 5.82 Å². The van der Waals surface area contributed by atoms with Gasteiger partial charge in [-0.25, -0.2) is 9.97 Å². The van der Waals surface area contributed by atoms with Crippen LogP contribution in [0.2, 0.25) is 0 Å². The Hall–Kier alpha value is -2.01. The van der Waals surface area contributed by atoms with Crippen molar-refractivity contribution >= 4 is 5.82 Å². The number of aromatic nitrogens is 3. The zero-order valence-electron chi connectivity index (χ0n) is 13.4. The first-order chi connectivity index (χ1) is 11.4. The Balaban J connectivity index is 1.36. The van der Waals surface area contributed by atoms with Crippen LogP contribution < -0.4 is 5.32 Å². The molecule has 3 heterocycles. The molecular formula is C18H23N5. The lowest BCUT2D eigenvalue weighted by molar-refractivity contribution is 0.208. The van der Waals surface area contributed by atoms with E-state index >= 15 is 0 Å². The number of likely N-dealkylation sites (tertiary alicyclic amines) is 1. The molecule has 2 fully saturated rings. The molecule has 2 aliphatic rings. The summed E-state index contributed by atoms with van der Waals surface area (Å²) in [4.78, 5) is 15.7. The van der Waals surface area contributed by atoms with Gasteiger partial charge in [-0.1, -0.05) is 0 Å². The number of hydrogen-bond acceptors (Lipinski definition) is 5. The molecule has 1 atom stereocenters. The number of piperidine rings is 1. The lowest BCUT2D eigenvalue weighted by atomic mass is 10.0. The summed E-state index contributed by atoms with van der Waals surface area (Å²) >= 11 is 0. The molecule has 4 rings (SSSR count). The first-order valence-electron chi connectivity index (χ1n) is 8.57. The second-order valence-electron chi connectivity index (χ2n) is 6.65. The quantitative estimate of drug-likeness (QED) is 0.920. The third-order valence-corrected chi connectivity index (χ3v) is 4.63. The van der Waals surface area contributed by atoms with E-state index in [-0.39, 0.29) is 0 Å². The van der Waals surface area contributed by atoms with E-state index in [1.807, 2.05) is 24.7 Å². The van der Waals surface area contributed by atoms with Crippen LogP contribution in [-0.4, -0.2) is 39.0 Å². The molecule has 5 heteroatoms. The van der Waals surface area contributed by atoms with E-state index in [0.717, 1.165) is 31.3 Å². The lowest BCUT2D eigenvalue weighted by Gasteiger charge is -2.33. The van der Waals surface area contributed by atoms with Crippen molar-refractivity contribution in [3.63, 3.8) is 0 Å². The highest BCUT2D eigenvalue weighted by molar-refractivity contribution is 5.35. The molecule has 0 bridgehead atoms. The van der Waals surface area contributed by atoms with Crippen molar-refractivity contribution in [3.05, 3.63) is 48.2 Å². The average molecular weight is 309 g/mol. The summed E-state index contributed by atoms with van der Waals surface area (Å²) in [7, 11) is 0. The van der Waals surface area contributed by atoms with Crippen molar-refractivity contribution in [2.45, 2.75) is 44.2 Å². The first-order valence-corrected chi connectivity index (χ1v) is 8.57. The van der Waals surface area contributed by atoms with E-state index < -0.39 is 0 Å². The van der Waals surface area contributed by atoms with Gasteiger partial charge in [-0.05, 0) is 56.0 Å². The van der Waals surface area contributed by atoms with Gasteiger partial charge in [-0.3, -0.25) is 9.88 Å². The molecule has 1 aliphatic heterocycles. The van der Waals surface area contributed by atoms with Crippen LogP contribution in [0.25, 0.3) is 0 Å². The topological polar surface area (TPSA) is 53.9 Å². The van der Waals surface area contributed by atoms with Crippen molar-refractivity contribution in [1.29, 1.82) is 0 Å². The van der Waals surface area contributed by atoms with Crippen molar-refractivity contribution in [1.82, 2.24) is 19.9 Å². The van der Waals surface area contributed by atoms with E-state index in [1.54, 1.807) is 0 Å². The monoisotopic (exact) mass is 309 g/mol. The number of nitrogens with zero attached hydrogens (tertiary/aromatic N) is 4. The maximum absolute atomic E-state index is 4.69. The molecule has 1 saturated heterocycles. The predicted molar refractivity (Wildman–Crippen MR) is 90.2 cm³/mol. The minimum absolute atomic E-state index is 0.465. The van der Waals surface area contributed by atoms with Crippen molar-refractivity contribution in [3.8, 4) is 0 Å². The fourth-order valence-corrected chi connectivity index (χ4v) is 3.26. The SMILES string of the molecule is c1cc(CN2CCCC(Nc3ccnc(C4CC4)n3)C2)ccn1. The predicted octanol–water partition coefficient (Wildman–Crippen LogP) is 2.83. The fourth-order valence-electron chi connectivity index (χ4n) is 3.26. The van der Waals surface area contributed by atoms with Gasteiger partial charge in [-0.15, -0.1) is 0 Å². The Kier molecular flexibility index (Phi) is 4.20.